The van der Waals surface area contributed by atoms with E-state index in [0.29, 0.717) is 12.5 Å². The van der Waals surface area contributed by atoms with Crippen molar-refractivity contribution >= 4 is 5.69 Å². The van der Waals surface area contributed by atoms with Gasteiger partial charge in [0.05, 0.1) is 6.54 Å². The number of nitrogens with one attached hydrogen (secondary N) is 2. The lowest BCUT2D eigenvalue weighted by molar-refractivity contribution is 0.203. The standard InChI is InChI=1S/C17H24N4O/c22-13-15-5-9-21(10-6-15)16-3-1-14(2-4-16)11-18-12-17-19-7-8-20-17/h1-4,7-8,15,18,22H,5-6,9-13H2,(H,19,20). The Morgan fingerprint density at radius 1 is 1.18 bits per heavy atom. The largest absolute Gasteiger partial charge is 0.396 e. The van der Waals surface area contributed by atoms with Crippen LogP contribution in [0.1, 0.15) is 24.2 Å². The number of aromatic amines is 1. The maximum absolute atomic E-state index is 9.20. The quantitative estimate of drug-likeness (QED) is 0.762. The molecule has 0 spiro atoms. The molecule has 3 rings (SSSR count). The van der Waals surface area contributed by atoms with E-state index in [-0.39, 0.29) is 0 Å². The van der Waals surface area contributed by atoms with Crippen LogP contribution >= 0.6 is 0 Å². The van der Waals surface area contributed by atoms with Crippen LogP contribution in [0.15, 0.2) is 36.7 Å². The molecule has 1 aromatic heterocycles. The van der Waals surface area contributed by atoms with E-state index in [1.807, 2.05) is 6.20 Å². The molecule has 1 aliphatic rings. The fraction of sp³-hybridized carbons (Fsp3) is 0.471. The summed E-state index contributed by atoms with van der Waals surface area (Å²) in [6.07, 6.45) is 5.78. The van der Waals surface area contributed by atoms with Gasteiger partial charge in [0.25, 0.3) is 0 Å². The Kier molecular flexibility index (Phi) is 5.08. The predicted octanol–water partition coefficient (Wildman–Crippen LogP) is 1.91. The number of nitrogens with zero attached hydrogens (tertiary/aromatic N) is 2. The van der Waals surface area contributed by atoms with Gasteiger partial charge < -0.3 is 20.3 Å². The lowest BCUT2D eigenvalue weighted by atomic mass is 9.97. The van der Waals surface area contributed by atoms with Crippen molar-refractivity contribution in [3.63, 3.8) is 0 Å². The van der Waals surface area contributed by atoms with Gasteiger partial charge in [-0.1, -0.05) is 12.1 Å². The normalized spacial score (nSPS) is 16.1. The van der Waals surface area contributed by atoms with Gasteiger partial charge in [0, 0.05) is 44.3 Å². The number of piperidine rings is 1. The number of hydrogen-bond donors (Lipinski definition) is 3. The summed E-state index contributed by atoms with van der Waals surface area (Å²) >= 11 is 0. The maximum atomic E-state index is 9.20. The predicted molar refractivity (Wildman–Crippen MR) is 87.6 cm³/mol. The van der Waals surface area contributed by atoms with E-state index < -0.39 is 0 Å². The smallest absolute Gasteiger partial charge is 0.120 e. The molecule has 0 radical (unpaired) electrons. The van der Waals surface area contributed by atoms with E-state index in [0.717, 1.165) is 44.8 Å². The minimum absolute atomic E-state index is 0.327. The van der Waals surface area contributed by atoms with Crippen LogP contribution in [-0.2, 0) is 13.1 Å². The molecular formula is C17H24N4O. The van der Waals surface area contributed by atoms with Gasteiger partial charge in [-0.15, -0.1) is 0 Å². The second-order valence-electron chi connectivity index (χ2n) is 5.92. The minimum Gasteiger partial charge on any atom is -0.396 e. The van der Waals surface area contributed by atoms with Crippen LogP contribution < -0.4 is 10.2 Å². The summed E-state index contributed by atoms with van der Waals surface area (Å²) in [4.78, 5) is 9.69. The number of rotatable bonds is 6. The Morgan fingerprint density at radius 2 is 1.95 bits per heavy atom. The highest BCUT2D eigenvalue weighted by Gasteiger charge is 2.18. The molecule has 2 aromatic rings. The molecule has 118 valence electrons. The van der Waals surface area contributed by atoms with E-state index in [9.17, 15) is 5.11 Å². The van der Waals surface area contributed by atoms with Crippen molar-refractivity contribution in [2.75, 3.05) is 24.6 Å². The first-order valence-corrected chi connectivity index (χ1v) is 7.99. The fourth-order valence-electron chi connectivity index (χ4n) is 2.92. The van der Waals surface area contributed by atoms with Crippen LogP contribution in [0.3, 0.4) is 0 Å². The van der Waals surface area contributed by atoms with Crippen LogP contribution in [0.2, 0.25) is 0 Å². The average molecular weight is 300 g/mol. The Bertz CT molecular complexity index is 545. The van der Waals surface area contributed by atoms with Gasteiger partial charge in [-0.25, -0.2) is 4.98 Å². The van der Waals surface area contributed by atoms with E-state index >= 15 is 0 Å². The lowest BCUT2D eigenvalue weighted by Gasteiger charge is -2.33. The molecule has 3 N–H and O–H groups in total. The lowest BCUT2D eigenvalue weighted by Crippen LogP contribution is -2.34. The van der Waals surface area contributed by atoms with Crippen molar-refractivity contribution in [3.8, 4) is 0 Å². The summed E-state index contributed by atoms with van der Waals surface area (Å²) in [5, 5.41) is 12.6. The Balaban J connectivity index is 1.48. The molecule has 2 heterocycles. The van der Waals surface area contributed by atoms with Crippen molar-refractivity contribution in [1.29, 1.82) is 0 Å². The second kappa shape index (κ2) is 7.42. The molecule has 0 amide bonds. The number of imidazole rings is 1. The van der Waals surface area contributed by atoms with Crippen molar-refractivity contribution in [2.45, 2.75) is 25.9 Å². The van der Waals surface area contributed by atoms with Crippen molar-refractivity contribution in [2.24, 2.45) is 5.92 Å². The first kappa shape index (κ1) is 15.1. The van der Waals surface area contributed by atoms with Gasteiger partial charge in [0.2, 0.25) is 0 Å². The third-order valence-corrected chi connectivity index (χ3v) is 4.35. The fourth-order valence-corrected chi connectivity index (χ4v) is 2.92. The average Bonchev–Trinajstić information content (AvgIpc) is 3.09. The van der Waals surface area contributed by atoms with Crippen molar-refractivity contribution < 1.29 is 5.11 Å². The third-order valence-electron chi connectivity index (χ3n) is 4.35. The highest BCUT2D eigenvalue weighted by atomic mass is 16.3. The molecule has 0 atom stereocenters. The van der Waals surface area contributed by atoms with E-state index in [2.05, 4.69) is 44.5 Å². The SMILES string of the molecule is OCC1CCN(c2ccc(CNCc3ncc[nH]3)cc2)CC1. The molecule has 5 nitrogen and oxygen atoms in total. The van der Waals surface area contributed by atoms with Gasteiger partial charge in [-0.3, -0.25) is 0 Å². The molecule has 1 saturated heterocycles. The number of benzene rings is 1. The van der Waals surface area contributed by atoms with Gasteiger partial charge in [-0.2, -0.15) is 0 Å². The Hall–Kier alpha value is -1.85. The number of aliphatic hydroxyl groups excluding tert-OH is 1. The van der Waals surface area contributed by atoms with E-state index in [1.165, 1.54) is 11.3 Å². The molecule has 0 saturated carbocycles. The highest BCUT2D eigenvalue weighted by molar-refractivity contribution is 5.47. The number of anilines is 1. The Labute approximate surface area is 131 Å². The number of H-pyrrole nitrogens is 1. The molecular weight excluding hydrogens is 276 g/mol. The summed E-state index contributed by atoms with van der Waals surface area (Å²) in [6, 6.07) is 8.76. The zero-order chi connectivity index (χ0) is 15.2. The first-order chi connectivity index (χ1) is 10.8. The van der Waals surface area contributed by atoms with Gasteiger partial charge in [-0.05, 0) is 36.5 Å². The minimum atomic E-state index is 0.327. The monoisotopic (exact) mass is 300 g/mol. The maximum Gasteiger partial charge on any atom is 0.120 e. The zero-order valence-electron chi connectivity index (χ0n) is 12.8. The van der Waals surface area contributed by atoms with E-state index in [1.54, 1.807) is 6.20 Å². The zero-order valence-corrected chi connectivity index (χ0v) is 12.8. The molecule has 0 aliphatic carbocycles. The van der Waals surface area contributed by atoms with Crippen LogP contribution in [0.4, 0.5) is 5.69 Å². The molecule has 1 aromatic carbocycles. The Morgan fingerprint density at radius 3 is 2.59 bits per heavy atom. The van der Waals surface area contributed by atoms with Crippen LogP contribution in [-0.4, -0.2) is 34.8 Å². The summed E-state index contributed by atoms with van der Waals surface area (Å²) in [5.74, 6) is 1.45. The number of aromatic nitrogens is 2. The summed E-state index contributed by atoms with van der Waals surface area (Å²) in [5.41, 5.74) is 2.56. The second-order valence-corrected chi connectivity index (χ2v) is 5.92. The third kappa shape index (κ3) is 3.87. The molecule has 0 unspecified atom stereocenters. The van der Waals surface area contributed by atoms with Gasteiger partial charge in [0.1, 0.15) is 5.82 Å². The highest BCUT2D eigenvalue weighted by Crippen LogP contribution is 2.23. The topological polar surface area (TPSA) is 64.2 Å². The first-order valence-electron chi connectivity index (χ1n) is 7.99. The number of hydrogen-bond acceptors (Lipinski definition) is 4. The molecule has 5 heteroatoms. The number of aliphatic hydroxyl groups is 1. The van der Waals surface area contributed by atoms with Crippen molar-refractivity contribution in [3.05, 3.63) is 48.0 Å². The summed E-state index contributed by atoms with van der Waals surface area (Å²) < 4.78 is 0. The molecule has 0 bridgehead atoms. The van der Waals surface area contributed by atoms with Crippen LogP contribution in [0, 0.1) is 5.92 Å². The van der Waals surface area contributed by atoms with Gasteiger partial charge >= 0.3 is 0 Å². The van der Waals surface area contributed by atoms with E-state index in [4.69, 9.17) is 0 Å². The van der Waals surface area contributed by atoms with Gasteiger partial charge in [0.15, 0.2) is 0 Å². The van der Waals surface area contributed by atoms with Crippen molar-refractivity contribution in [1.82, 2.24) is 15.3 Å². The summed E-state index contributed by atoms with van der Waals surface area (Å²) in [7, 11) is 0. The molecule has 1 aliphatic heterocycles. The molecule has 22 heavy (non-hydrogen) atoms. The van der Waals surface area contributed by atoms with Crippen LogP contribution in [0.5, 0.6) is 0 Å². The molecule has 1 fully saturated rings. The summed E-state index contributed by atoms with van der Waals surface area (Å²) in [6.45, 7) is 4.01. The van der Waals surface area contributed by atoms with Crippen LogP contribution in [0.25, 0.3) is 0 Å².